The maximum atomic E-state index is 12.7. The number of nitrogens with zero attached hydrogens (tertiary/aromatic N) is 3. The molecule has 0 amide bonds. The predicted molar refractivity (Wildman–Crippen MR) is 110 cm³/mol. The molecule has 3 heterocycles. The highest BCUT2D eigenvalue weighted by molar-refractivity contribution is 5.99. The number of hydrogen-bond acceptors (Lipinski definition) is 5. The summed E-state index contributed by atoms with van der Waals surface area (Å²) in [5, 5.41) is 0.949. The Bertz CT molecular complexity index is 937. The minimum Gasteiger partial charge on any atom is -0.379 e. The van der Waals surface area contributed by atoms with Gasteiger partial charge in [0.05, 0.1) is 18.7 Å². The highest BCUT2D eigenvalue weighted by Gasteiger charge is 2.13. The van der Waals surface area contributed by atoms with Crippen LogP contribution in [0.25, 0.3) is 22.0 Å². The third-order valence-electron chi connectivity index (χ3n) is 5.20. The summed E-state index contributed by atoms with van der Waals surface area (Å²) in [4.78, 5) is 24.1. The van der Waals surface area contributed by atoms with E-state index in [2.05, 4.69) is 9.88 Å². The molecule has 3 aromatic rings. The van der Waals surface area contributed by atoms with Crippen molar-refractivity contribution in [3.63, 3.8) is 0 Å². The first kappa shape index (κ1) is 18.7. The molecule has 1 saturated heterocycles. The monoisotopic (exact) mass is 375 g/mol. The zero-order valence-electron chi connectivity index (χ0n) is 16.0. The van der Waals surface area contributed by atoms with Crippen molar-refractivity contribution in [1.82, 2.24) is 14.9 Å². The average molecular weight is 375 g/mol. The van der Waals surface area contributed by atoms with E-state index in [-0.39, 0.29) is 5.78 Å². The predicted octanol–water partition coefficient (Wildman–Crippen LogP) is 3.98. The zero-order valence-corrected chi connectivity index (χ0v) is 16.0. The molecule has 5 nitrogen and oxygen atoms in total. The van der Waals surface area contributed by atoms with Crippen LogP contribution in [0.5, 0.6) is 0 Å². The Balaban J connectivity index is 1.44. The van der Waals surface area contributed by atoms with Crippen LogP contribution in [0, 0.1) is 0 Å². The molecule has 0 N–H and O–H groups in total. The molecule has 1 fully saturated rings. The molecule has 0 radical (unpaired) electrons. The van der Waals surface area contributed by atoms with Crippen LogP contribution in [-0.4, -0.2) is 53.5 Å². The number of rotatable bonds is 7. The van der Waals surface area contributed by atoms with Crippen molar-refractivity contribution in [2.24, 2.45) is 0 Å². The fraction of sp³-hybridized carbons (Fsp3) is 0.348. The normalized spacial score (nSPS) is 15.0. The van der Waals surface area contributed by atoms with Crippen LogP contribution < -0.4 is 0 Å². The maximum absolute atomic E-state index is 12.7. The van der Waals surface area contributed by atoms with Gasteiger partial charge < -0.3 is 4.74 Å². The van der Waals surface area contributed by atoms with Crippen LogP contribution in [0.15, 0.2) is 54.9 Å². The molecule has 28 heavy (non-hydrogen) atoms. The van der Waals surface area contributed by atoms with Gasteiger partial charge in [0.25, 0.3) is 0 Å². The van der Waals surface area contributed by atoms with E-state index in [1.165, 1.54) is 0 Å². The second-order valence-electron chi connectivity index (χ2n) is 7.16. The average Bonchev–Trinajstić information content (AvgIpc) is 2.77. The summed E-state index contributed by atoms with van der Waals surface area (Å²) >= 11 is 0. The van der Waals surface area contributed by atoms with Gasteiger partial charge in [0.2, 0.25) is 0 Å². The van der Waals surface area contributed by atoms with Crippen LogP contribution in [0.2, 0.25) is 0 Å². The summed E-state index contributed by atoms with van der Waals surface area (Å²) in [7, 11) is 0. The van der Waals surface area contributed by atoms with Crippen molar-refractivity contribution >= 4 is 16.7 Å². The quantitative estimate of drug-likeness (QED) is 0.462. The first-order valence-corrected chi connectivity index (χ1v) is 9.95. The van der Waals surface area contributed by atoms with Gasteiger partial charge in [-0.1, -0.05) is 30.3 Å². The van der Waals surface area contributed by atoms with Crippen LogP contribution in [-0.2, 0) is 4.74 Å². The maximum Gasteiger partial charge on any atom is 0.181 e. The second kappa shape index (κ2) is 9.04. The number of pyridine rings is 2. The number of aromatic nitrogens is 2. The molecule has 0 atom stereocenters. The lowest BCUT2D eigenvalue weighted by Crippen LogP contribution is -2.36. The molecular formula is C23H25N3O2. The highest BCUT2D eigenvalue weighted by Crippen LogP contribution is 2.26. The Morgan fingerprint density at radius 2 is 1.82 bits per heavy atom. The number of fused-ring (bicyclic) bond motifs is 1. The van der Waals surface area contributed by atoms with Crippen LogP contribution >= 0.6 is 0 Å². The number of ketones is 1. The van der Waals surface area contributed by atoms with Crippen molar-refractivity contribution in [3.8, 4) is 11.1 Å². The lowest BCUT2D eigenvalue weighted by molar-refractivity contribution is 0.0371. The summed E-state index contributed by atoms with van der Waals surface area (Å²) < 4.78 is 5.37. The zero-order chi connectivity index (χ0) is 19.2. The fourth-order valence-electron chi connectivity index (χ4n) is 3.60. The molecule has 0 saturated carbocycles. The molecule has 1 aliphatic heterocycles. The fourth-order valence-corrected chi connectivity index (χ4v) is 3.60. The molecule has 5 heteroatoms. The topological polar surface area (TPSA) is 55.3 Å². The Kier molecular flexibility index (Phi) is 6.04. The molecule has 1 aliphatic rings. The highest BCUT2D eigenvalue weighted by atomic mass is 16.5. The van der Waals surface area contributed by atoms with Crippen LogP contribution in [0.1, 0.15) is 29.8 Å². The number of unbranched alkanes of at least 4 members (excludes halogenated alkanes) is 1. The van der Waals surface area contributed by atoms with Crippen molar-refractivity contribution in [3.05, 3.63) is 60.6 Å². The van der Waals surface area contributed by atoms with Gasteiger partial charge in [-0.3, -0.25) is 14.7 Å². The summed E-state index contributed by atoms with van der Waals surface area (Å²) in [6.07, 6.45) is 6.07. The molecule has 0 spiro atoms. The van der Waals surface area contributed by atoms with Gasteiger partial charge in [0.1, 0.15) is 5.69 Å². The van der Waals surface area contributed by atoms with E-state index in [0.29, 0.717) is 12.1 Å². The lowest BCUT2D eigenvalue weighted by atomic mass is 10.0. The Hall–Kier alpha value is -2.63. The second-order valence-corrected chi connectivity index (χ2v) is 7.16. The molecule has 1 aromatic carbocycles. The van der Waals surface area contributed by atoms with Crippen molar-refractivity contribution in [1.29, 1.82) is 0 Å². The van der Waals surface area contributed by atoms with Gasteiger partial charge in [-0.25, -0.2) is 4.98 Å². The molecule has 0 bridgehead atoms. The number of hydrogen-bond donors (Lipinski definition) is 0. The molecule has 2 aromatic heterocycles. The smallest absolute Gasteiger partial charge is 0.181 e. The van der Waals surface area contributed by atoms with E-state index in [1.54, 1.807) is 6.20 Å². The lowest BCUT2D eigenvalue weighted by Gasteiger charge is -2.26. The molecule has 0 aliphatic carbocycles. The van der Waals surface area contributed by atoms with Crippen molar-refractivity contribution < 1.29 is 9.53 Å². The largest absolute Gasteiger partial charge is 0.379 e. The summed E-state index contributed by atoms with van der Waals surface area (Å²) in [6.45, 7) is 4.66. The first-order valence-electron chi connectivity index (χ1n) is 9.95. The van der Waals surface area contributed by atoms with E-state index in [4.69, 9.17) is 9.72 Å². The van der Waals surface area contributed by atoms with E-state index in [9.17, 15) is 4.79 Å². The number of benzene rings is 1. The minimum atomic E-state index is 0.111. The third-order valence-corrected chi connectivity index (χ3v) is 5.20. The first-order chi connectivity index (χ1) is 13.8. The number of morpholine rings is 1. The van der Waals surface area contributed by atoms with Gasteiger partial charge >= 0.3 is 0 Å². The minimum absolute atomic E-state index is 0.111. The summed E-state index contributed by atoms with van der Waals surface area (Å²) in [5.41, 5.74) is 3.39. The summed E-state index contributed by atoms with van der Waals surface area (Å²) in [5.74, 6) is 0.111. The summed E-state index contributed by atoms with van der Waals surface area (Å²) in [6, 6.07) is 13.8. The van der Waals surface area contributed by atoms with Crippen LogP contribution in [0.3, 0.4) is 0 Å². The number of ether oxygens (including phenoxy) is 1. The van der Waals surface area contributed by atoms with Crippen molar-refractivity contribution in [2.45, 2.75) is 19.3 Å². The third kappa shape index (κ3) is 4.43. The van der Waals surface area contributed by atoms with E-state index < -0.39 is 0 Å². The van der Waals surface area contributed by atoms with E-state index in [0.717, 1.165) is 67.7 Å². The Morgan fingerprint density at radius 3 is 2.64 bits per heavy atom. The van der Waals surface area contributed by atoms with Crippen molar-refractivity contribution in [2.75, 3.05) is 32.8 Å². The van der Waals surface area contributed by atoms with Crippen LogP contribution in [0.4, 0.5) is 0 Å². The molecular weight excluding hydrogens is 350 g/mol. The Morgan fingerprint density at radius 1 is 1.00 bits per heavy atom. The van der Waals surface area contributed by atoms with E-state index >= 15 is 0 Å². The standard InChI is InChI=1S/C23H25N3O2/c27-22(8-4-5-11-26-12-14-28-15-13-26)21-10-9-19-16-24-17-20(23(19)25-21)18-6-2-1-3-7-18/h1-3,6-7,9-10,16-17H,4-5,8,11-15H2. The Labute approximate surface area is 165 Å². The van der Waals surface area contributed by atoms with Gasteiger partial charge in [-0.15, -0.1) is 0 Å². The van der Waals surface area contributed by atoms with Gasteiger partial charge in [-0.05, 0) is 37.1 Å². The molecule has 0 unspecified atom stereocenters. The van der Waals surface area contributed by atoms with Gasteiger partial charge in [-0.2, -0.15) is 0 Å². The van der Waals surface area contributed by atoms with Gasteiger partial charge in [0.15, 0.2) is 5.78 Å². The number of Topliss-reactive ketones (excluding diaryl/α,β-unsaturated/α-hetero) is 1. The number of carbonyl (C=O) groups is 1. The molecule has 4 rings (SSSR count). The number of carbonyl (C=O) groups excluding carboxylic acids is 1. The van der Waals surface area contributed by atoms with Gasteiger partial charge in [0, 0.05) is 42.9 Å². The molecule has 144 valence electrons. The SMILES string of the molecule is O=C(CCCCN1CCOCC1)c1ccc2cncc(-c3ccccc3)c2n1. The van der Waals surface area contributed by atoms with E-state index in [1.807, 2.05) is 48.7 Å².